The van der Waals surface area contributed by atoms with E-state index >= 15 is 0 Å². The first-order chi connectivity index (χ1) is 12.7. The number of hydrogen-bond acceptors (Lipinski definition) is 6. The number of methoxy groups -OCH3 is 1. The van der Waals surface area contributed by atoms with Gasteiger partial charge in [0.05, 0.1) is 28.6 Å². The highest BCUT2D eigenvalue weighted by molar-refractivity contribution is 7.22. The number of hydrogen-bond donors (Lipinski definition) is 1. The number of furan rings is 1. The van der Waals surface area contributed by atoms with E-state index in [9.17, 15) is 0 Å². The number of anilines is 1. The lowest BCUT2D eigenvalue weighted by Crippen LogP contribution is -1.88. The Labute approximate surface area is 158 Å². The smallest absolute Gasteiger partial charge is 0.204 e. The summed E-state index contributed by atoms with van der Waals surface area (Å²) in [6.45, 7) is 0. The van der Waals surface area contributed by atoms with Crippen molar-refractivity contribution in [2.24, 2.45) is 5.10 Å². The standard InChI is InChI=1S/C19H14ClN3O2S/c1-24-17-8-6-12(10-14(17)20)16-9-7-13(25-16)11-21-23-19-22-15-4-2-3-5-18(15)26-19/h2-11H,1H3,(H,22,23). The molecule has 26 heavy (non-hydrogen) atoms. The molecule has 0 radical (unpaired) electrons. The molecule has 0 atom stereocenters. The second kappa shape index (κ2) is 7.19. The maximum absolute atomic E-state index is 6.16. The van der Waals surface area contributed by atoms with E-state index in [0.29, 0.717) is 22.3 Å². The number of halogens is 1. The van der Waals surface area contributed by atoms with E-state index in [0.717, 1.165) is 20.9 Å². The molecule has 2 aromatic heterocycles. The highest BCUT2D eigenvalue weighted by atomic mass is 35.5. The first-order valence-corrected chi connectivity index (χ1v) is 9.01. The Morgan fingerprint density at radius 1 is 1.19 bits per heavy atom. The molecule has 0 amide bonds. The average Bonchev–Trinajstić information content (AvgIpc) is 3.28. The number of aromatic nitrogens is 1. The number of benzene rings is 2. The first-order valence-electron chi connectivity index (χ1n) is 7.81. The lowest BCUT2D eigenvalue weighted by Gasteiger charge is -2.03. The summed E-state index contributed by atoms with van der Waals surface area (Å²) in [4.78, 5) is 4.46. The summed E-state index contributed by atoms with van der Waals surface area (Å²) < 4.78 is 12.1. The van der Waals surface area contributed by atoms with Crippen LogP contribution in [0.1, 0.15) is 5.76 Å². The van der Waals surface area contributed by atoms with Crippen LogP contribution in [0.3, 0.4) is 0 Å². The van der Waals surface area contributed by atoms with E-state index in [2.05, 4.69) is 15.5 Å². The Kier molecular flexibility index (Phi) is 4.60. The Bertz CT molecular complexity index is 1050. The van der Waals surface area contributed by atoms with Crippen LogP contribution in [0.5, 0.6) is 5.75 Å². The van der Waals surface area contributed by atoms with Gasteiger partial charge >= 0.3 is 0 Å². The minimum Gasteiger partial charge on any atom is -0.495 e. The molecule has 0 aliphatic rings. The summed E-state index contributed by atoms with van der Waals surface area (Å²) in [5.41, 5.74) is 4.76. The zero-order valence-electron chi connectivity index (χ0n) is 13.8. The zero-order valence-corrected chi connectivity index (χ0v) is 15.3. The molecule has 0 aliphatic carbocycles. The van der Waals surface area contributed by atoms with Gasteiger partial charge in [0, 0.05) is 5.56 Å². The lowest BCUT2D eigenvalue weighted by atomic mass is 10.2. The number of nitrogens with one attached hydrogen (secondary N) is 1. The van der Waals surface area contributed by atoms with Crippen LogP contribution in [-0.4, -0.2) is 18.3 Å². The minimum absolute atomic E-state index is 0.536. The van der Waals surface area contributed by atoms with E-state index in [1.165, 1.54) is 0 Å². The van der Waals surface area contributed by atoms with E-state index in [1.54, 1.807) is 30.7 Å². The summed E-state index contributed by atoms with van der Waals surface area (Å²) in [6, 6.07) is 17.2. The molecular formula is C19H14ClN3O2S. The van der Waals surface area contributed by atoms with Gasteiger partial charge in [-0.15, -0.1) is 0 Å². The van der Waals surface area contributed by atoms with Crippen molar-refractivity contribution in [3.8, 4) is 17.1 Å². The second-order valence-electron chi connectivity index (χ2n) is 5.41. The third-order valence-corrected chi connectivity index (χ3v) is 4.95. The SMILES string of the molecule is COc1ccc(-c2ccc(C=NNc3nc4ccccc4s3)o2)cc1Cl. The van der Waals surface area contributed by atoms with Crippen molar-refractivity contribution in [2.45, 2.75) is 0 Å². The van der Waals surface area contributed by atoms with Gasteiger partial charge in [-0.1, -0.05) is 35.1 Å². The number of para-hydroxylation sites is 1. The van der Waals surface area contributed by atoms with Gasteiger partial charge in [0.15, 0.2) is 0 Å². The zero-order chi connectivity index (χ0) is 17.9. The van der Waals surface area contributed by atoms with Crippen molar-refractivity contribution in [1.82, 2.24) is 4.98 Å². The van der Waals surface area contributed by atoms with Gasteiger partial charge in [-0.3, -0.25) is 5.43 Å². The number of rotatable bonds is 5. The van der Waals surface area contributed by atoms with Crippen molar-refractivity contribution in [3.63, 3.8) is 0 Å². The van der Waals surface area contributed by atoms with Crippen LogP contribution >= 0.6 is 22.9 Å². The Balaban J connectivity index is 1.47. The fourth-order valence-corrected chi connectivity index (χ4v) is 3.54. The molecule has 4 aromatic rings. The van der Waals surface area contributed by atoms with Crippen LogP contribution in [0.4, 0.5) is 5.13 Å². The molecule has 0 saturated carbocycles. The molecule has 0 unspecified atom stereocenters. The van der Waals surface area contributed by atoms with Crippen molar-refractivity contribution in [1.29, 1.82) is 0 Å². The van der Waals surface area contributed by atoms with E-state index in [4.69, 9.17) is 20.8 Å². The van der Waals surface area contributed by atoms with Crippen LogP contribution < -0.4 is 10.2 Å². The highest BCUT2D eigenvalue weighted by Gasteiger charge is 2.07. The number of thiazole rings is 1. The number of hydrazone groups is 1. The Morgan fingerprint density at radius 2 is 2.08 bits per heavy atom. The molecule has 0 aliphatic heterocycles. The fourth-order valence-electron chi connectivity index (χ4n) is 2.47. The first kappa shape index (κ1) is 16.6. The predicted octanol–water partition coefficient (Wildman–Crippen LogP) is 5.66. The van der Waals surface area contributed by atoms with Crippen molar-refractivity contribution in [2.75, 3.05) is 12.5 Å². The molecule has 1 N–H and O–H groups in total. The quantitative estimate of drug-likeness (QED) is 0.356. The van der Waals surface area contributed by atoms with Crippen molar-refractivity contribution >= 4 is 44.5 Å². The van der Waals surface area contributed by atoms with E-state index in [1.807, 2.05) is 48.5 Å². The van der Waals surface area contributed by atoms with Crippen LogP contribution in [0.25, 0.3) is 21.5 Å². The number of ether oxygens (including phenoxy) is 1. The molecule has 130 valence electrons. The molecule has 0 spiro atoms. The topological polar surface area (TPSA) is 59.6 Å². The minimum atomic E-state index is 0.536. The van der Waals surface area contributed by atoms with E-state index < -0.39 is 0 Å². The lowest BCUT2D eigenvalue weighted by molar-refractivity contribution is 0.415. The van der Waals surface area contributed by atoms with E-state index in [-0.39, 0.29) is 0 Å². The maximum atomic E-state index is 6.16. The molecule has 2 aromatic carbocycles. The third kappa shape index (κ3) is 3.42. The molecule has 2 heterocycles. The van der Waals surface area contributed by atoms with Gasteiger partial charge in [0.1, 0.15) is 17.3 Å². The Hall–Kier alpha value is -2.83. The molecule has 0 saturated heterocycles. The summed E-state index contributed by atoms with van der Waals surface area (Å²) in [6.07, 6.45) is 1.61. The van der Waals surface area contributed by atoms with Gasteiger partial charge in [0.25, 0.3) is 0 Å². The third-order valence-electron chi connectivity index (χ3n) is 3.71. The largest absolute Gasteiger partial charge is 0.495 e. The molecule has 4 rings (SSSR count). The summed E-state index contributed by atoms with van der Waals surface area (Å²) in [7, 11) is 1.58. The number of fused-ring (bicyclic) bond motifs is 1. The van der Waals surface area contributed by atoms with Crippen LogP contribution in [0.15, 0.2) is 64.1 Å². The summed E-state index contributed by atoms with van der Waals surface area (Å²) in [5.74, 6) is 1.96. The van der Waals surface area contributed by atoms with Gasteiger partial charge in [-0.05, 0) is 42.5 Å². The second-order valence-corrected chi connectivity index (χ2v) is 6.85. The average molecular weight is 384 g/mol. The Morgan fingerprint density at radius 3 is 2.88 bits per heavy atom. The molecule has 5 nitrogen and oxygen atoms in total. The molecule has 0 bridgehead atoms. The van der Waals surface area contributed by atoms with Crippen LogP contribution in [-0.2, 0) is 0 Å². The summed E-state index contributed by atoms with van der Waals surface area (Å²) in [5, 5.41) is 5.46. The number of nitrogens with zero attached hydrogens (tertiary/aromatic N) is 2. The summed E-state index contributed by atoms with van der Waals surface area (Å²) >= 11 is 7.71. The van der Waals surface area contributed by atoms with Crippen molar-refractivity contribution < 1.29 is 9.15 Å². The predicted molar refractivity (Wildman–Crippen MR) is 107 cm³/mol. The van der Waals surface area contributed by atoms with Crippen LogP contribution in [0.2, 0.25) is 5.02 Å². The molecule has 0 fully saturated rings. The molecule has 7 heteroatoms. The van der Waals surface area contributed by atoms with Crippen molar-refractivity contribution in [3.05, 3.63) is 65.4 Å². The van der Waals surface area contributed by atoms with Gasteiger partial charge < -0.3 is 9.15 Å². The maximum Gasteiger partial charge on any atom is 0.204 e. The normalized spacial score (nSPS) is 11.3. The van der Waals surface area contributed by atoms with Gasteiger partial charge in [-0.2, -0.15) is 5.10 Å². The van der Waals surface area contributed by atoms with Gasteiger partial charge in [0.2, 0.25) is 5.13 Å². The molecular weight excluding hydrogens is 370 g/mol. The van der Waals surface area contributed by atoms with Gasteiger partial charge in [-0.25, -0.2) is 4.98 Å². The highest BCUT2D eigenvalue weighted by Crippen LogP contribution is 2.31. The monoisotopic (exact) mass is 383 g/mol. The fraction of sp³-hybridized carbons (Fsp3) is 0.0526. The van der Waals surface area contributed by atoms with Crippen LogP contribution in [0, 0.1) is 0 Å².